The monoisotopic (exact) mass is 255 g/mol. The van der Waals surface area contributed by atoms with E-state index in [2.05, 4.69) is 5.32 Å². The van der Waals surface area contributed by atoms with Crippen molar-refractivity contribution in [3.63, 3.8) is 0 Å². The summed E-state index contributed by atoms with van der Waals surface area (Å²) in [6, 6.07) is -0.384. The van der Waals surface area contributed by atoms with Crippen LogP contribution in [0.15, 0.2) is 0 Å². The van der Waals surface area contributed by atoms with Crippen LogP contribution in [0.5, 0.6) is 0 Å². The van der Waals surface area contributed by atoms with Crippen molar-refractivity contribution in [3.8, 4) is 0 Å². The molecule has 3 N–H and O–H groups in total. The molecule has 0 bridgehead atoms. The van der Waals surface area contributed by atoms with E-state index in [4.69, 9.17) is 5.73 Å². The van der Waals surface area contributed by atoms with E-state index < -0.39 is 11.4 Å². The highest BCUT2D eigenvalue weighted by Gasteiger charge is 2.30. The Labute approximate surface area is 109 Å². The topological polar surface area (TPSA) is 75.4 Å². The molecule has 1 atom stereocenters. The van der Waals surface area contributed by atoms with Crippen LogP contribution >= 0.6 is 0 Å². The van der Waals surface area contributed by atoms with E-state index in [1.165, 1.54) is 12.8 Å². The Hall–Kier alpha value is -1.10. The zero-order valence-corrected chi connectivity index (χ0v) is 11.7. The Morgan fingerprint density at radius 2 is 1.67 bits per heavy atom. The van der Waals surface area contributed by atoms with Crippen molar-refractivity contribution in [3.05, 3.63) is 0 Å². The SMILES string of the molecule is CC(NC(C)(C)C(N)=O)C(=O)N1CCCCCC1. The molecule has 18 heavy (non-hydrogen) atoms. The number of carbonyl (C=O) groups excluding carboxylic acids is 2. The number of nitrogens with zero attached hydrogens (tertiary/aromatic N) is 1. The molecule has 0 aromatic carbocycles. The van der Waals surface area contributed by atoms with E-state index in [-0.39, 0.29) is 11.9 Å². The summed E-state index contributed by atoms with van der Waals surface area (Å²) in [5.41, 5.74) is 4.44. The predicted octanol–water partition coefficient (Wildman–Crippen LogP) is 0.631. The molecule has 1 unspecified atom stereocenters. The Morgan fingerprint density at radius 3 is 2.11 bits per heavy atom. The van der Waals surface area contributed by atoms with Gasteiger partial charge in [-0.05, 0) is 33.6 Å². The van der Waals surface area contributed by atoms with Gasteiger partial charge in [0.2, 0.25) is 11.8 Å². The summed E-state index contributed by atoms with van der Waals surface area (Å²) >= 11 is 0. The van der Waals surface area contributed by atoms with Gasteiger partial charge < -0.3 is 10.6 Å². The number of likely N-dealkylation sites (tertiary alicyclic amines) is 1. The Balaban J connectivity index is 2.57. The summed E-state index contributed by atoms with van der Waals surface area (Å²) in [4.78, 5) is 25.4. The van der Waals surface area contributed by atoms with Gasteiger partial charge in [-0.3, -0.25) is 14.9 Å². The molecule has 0 aromatic rings. The average Bonchev–Trinajstić information content (AvgIpc) is 2.55. The number of carbonyl (C=O) groups is 2. The predicted molar refractivity (Wildman–Crippen MR) is 70.9 cm³/mol. The highest BCUT2D eigenvalue weighted by molar-refractivity contribution is 5.86. The maximum absolute atomic E-state index is 12.3. The van der Waals surface area contributed by atoms with Crippen LogP contribution in [0.4, 0.5) is 0 Å². The minimum atomic E-state index is -0.860. The normalized spacial score (nSPS) is 19.2. The molecular formula is C13H25N3O2. The van der Waals surface area contributed by atoms with Crippen LogP contribution in [-0.4, -0.2) is 41.4 Å². The first-order valence-corrected chi connectivity index (χ1v) is 6.71. The van der Waals surface area contributed by atoms with E-state index >= 15 is 0 Å². The maximum Gasteiger partial charge on any atom is 0.239 e. The molecule has 1 fully saturated rings. The van der Waals surface area contributed by atoms with Crippen LogP contribution in [-0.2, 0) is 9.59 Å². The fourth-order valence-corrected chi connectivity index (χ4v) is 2.24. The third-order valence-corrected chi connectivity index (χ3v) is 3.48. The van der Waals surface area contributed by atoms with Gasteiger partial charge in [-0.2, -0.15) is 0 Å². The van der Waals surface area contributed by atoms with E-state index in [1.807, 2.05) is 4.90 Å². The molecule has 1 aliphatic rings. The van der Waals surface area contributed by atoms with Gasteiger partial charge in [0, 0.05) is 13.1 Å². The second-order valence-corrected chi connectivity index (χ2v) is 5.59. The zero-order chi connectivity index (χ0) is 13.8. The van der Waals surface area contributed by atoms with Gasteiger partial charge >= 0.3 is 0 Å². The van der Waals surface area contributed by atoms with Gasteiger partial charge in [-0.25, -0.2) is 0 Å². The second kappa shape index (κ2) is 6.18. The fourth-order valence-electron chi connectivity index (χ4n) is 2.24. The number of amides is 2. The van der Waals surface area contributed by atoms with Crippen LogP contribution in [0.25, 0.3) is 0 Å². The quantitative estimate of drug-likeness (QED) is 0.773. The van der Waals surface area contributed by atoms with Gasteiger partial charge in [0.15, 0.2) is 0 Å². The highest BCUT2D eigenvalue weighted by Crippen LogP contribution is 2.12. The number of hydrogen-bond donors (Lipinski definition) is 2. The summed E-state index contributed by atoms with van der Waals surface area (Å²) in [7, 11) is 0. The summed E-state index contributed by atoms with van der Waals surface area (Å²) in [6.45, 7) is 6.82. The smallest absolute Gasteiger partial charge is 0.239 e. The van der Waals surface area contributed by atoms with Crippen LogP contribution in [0.1, 0.15) is 46.5 Å². The van der Waals surface area contributed by atoms with E-state index in [0.717, 1.165) is 25.9 Å². The number of hydrogen-bond acceptors (Lipinski definition) is 3. The molecule has 0 aromatic heterocycles. The number of rotatable bonds is 4. The van der Waals surface area contributed by atoms with Gasteiger partial charge in [-0.1, -0.05) is 12.8 Å². The number of nitrogens with two attached hydrogens (primary N) is 1. The largest absolute Gasteiger partial charge is 0.368 e. The van der Waals surface area contributed by atoms with Crippen LogP contribution in [0.2, 0.25) is 0 Å². The van der Waals surface area contributed by atoms with Gasteiger partial charge in [0.1, 0.15) is 0 Å². The van der Waals surface area contributed by atoms with E-state index in [1.54, 1.807) is 20.8 Å². The molecule has 1 saturated heterocycles. The first-order chi connectivity index (χ1) is 8.34. The Bertz CT molecular complexity index is 307. The Kier molecular flexibility index (Phi) is 5.14. The van der Waals surface area contributed by atoms with Crippen molar-refractivity contribution in [1.29, 1.82) is 0 Å². The molecule has 5 heteroatoms. The lowest BCUT2D eigenvalue weighted by atomic mass is 10.0. The summed E-state index contributed by atoms with van der Waals surface area (Å²) in [6.07, 6.45) is 4.52. The fraction of sp³-hybridized carbons (Fsp3) is 0.846. The van der Waals surface area contributed by atoms with E-state index in [9.17, 15) is 9.59 Å². The maximum atomic E-state index is 12.3. The lowest BCUT2D eigenvalue weighted by molar-refractivity contribution is -0.134. The third-order valence-electron chi connectivity index (χ3n) is 3.48. The molecule has 104 valence electrons. The van der Waals surface area contributed by atoms with Crippen molar-refractivity contribution in [1.82, 2.24) is 10.2 Å². The van der Waals surface area contributed by atoms with Crippen molar-refractivity contribution >= 4 is 11.8 Å². The molecule has 0 spiro atoms. The lowest BCUT2D eigenvalue weighted by Gasteiger charge is -2.30. The molecule has 5 nitrogen and oxygen atoms in total. The van der Waals surface area contributed by atoms with Gasteiger partial charge in [-0.15, -0.1) is 0 Å². The van der Waals surface area contributed by atoms with Gasteiger partial charge in [0.05, 0.1) is 11.6 Å². The second-order valence-electron chi connectivity index (χ2n) is 5.59. The zero-order valence-electron chi connectivity index (χ0n) is 11.7. The van der Waals surface area contributed by atoms with Crippen molar-refractivity contribution in [2.24, 2.45) is 5.73 Å². The first-order valence-electron chi connectivity index (χ1n) is 6.71. The van der Waals surface area contributed by atoms with Crippen molar-refractivity contribution in [2.75, 3.05) is 13.1 Å². The van der Waals surface area contributed by atoms with Crippen LogP contribution in [0.3, 0.4) is 0 Å². The first kappa shape index (κ1) is 15.0. The lowest BCUT2D eigenvalue weighted by Crippen LogP contribution is -2.58. The summed E-state index contributed by atoms with van der Waals surface area (Å²) in [5.74, 6) is -0.385. The molecule has 0 radical (unpaired) electrons. The minimum absolute atomic E-state index is 0.0613. The summed E-state index contributed by atoms with van der Waals surface area (Å²) < 4.78 is 0. The molecule has 1 aliphatic heterocycles. The molecule has 0 aliphatic carbocycles. The highest BCUT2D eigenvalue weighted by atomic mass is 16.2. The number of nitrogens with one attached hydrogen (secondary N) is 1. The number of primary amides is 1. The third kappa shape index (κ3) is 3.98. The molecular weight excluding hydrogens is 230 g/mol. The molecule has 1 rings (SSSR count). The van der Waals surface area contributed by atoms with Crippen LogP contribution in [0, 0.1) is 0 Å². The average molecular weight is 255 g/mol. The van der Waals surface area contributed by atoms with E-state index in [0.29, 0.717) is 0 Å². The molecule has 0 saturated carbocycles. The van der Waals surface area contributed by atoms with Gasteiger partial charge in [0.25, 0.3) is 0 Å². The van der Waals surface area contributed by atoms with Crippen LogP contribution < -0.4 is 11.1 Å². The standard InChI is InChI=1S/C13H25N3O2/c1-10(15-13(2,3)12(14)18)11(17)16-8-6-4-5-7-9-16/h10,15H,4-9H2,1-3H3,(H2,14,18). The molecule has 1 heterocycles. The van der Waals surface area contributed by atoms with Crippen molar-refractivity contribution in [2.45, 2.75) is 58.0 Å². The Morgan fingerprint density at radius 1 is 1.17 bits per heavy atom. The molecule has 2 amide bonds. The van der Waals surface area contributed by atoms with Crippen molar-refractivity contribution < 1.29 is 9.59 Å². The summed E-state index contributed by atoms with van der Waals surface area (Å²) in [5, 5.41) is 3.01. The minimum Gasteiger partial charge on any atom is -0.368 e.